The number of ether oxygens (including phenoxy) is 2. The molecule has 6 unspecified atom stereocenters. The second kappa shape index (κ2) is 21.7. The maximum Gasteiger partial charge on any atom is 0.418 e. The van der Waals surface area contributed by atoms with Crippen LogP contribution in [0.15, 0.2) is 84.9 Å². The number of rotatable bonds is 8. The number of anilines is 2. The van der Waals surface area contributed by atoms with Gasteiger partial charge in [-0.25, -0.2) is 37.8 Å². The Morgan fingerprint density at radius 3 is 1.49 bits per heavy atom. The number of hydrogen-bond donors (Lipinski definition) is 6. The molecule has 4 saturated heterocycles. The zero-order chi connectivity index (χ0) is 54.8. The summed E-state index contributed by atoms with van der Waals surface area (Å²) in [4.78, 5) is 103. The van der Waals surface area contributed by atoms with Crippen LogP contribution in [0.2, 0.25) is 0 Å². The molecule has 0 bridgehead atoms. The van der Waals surface area contributed by atoms with Crippen molar-refractivity contribution in [3.63, 3.8) is 0 Å². The zero-order valence-electron chi connectivity index (χ0n) is 43.0. The molecular weight excluding hydrogens is 1020 g/mol. The summed E-state index contributed by atoms with van der Waals surface area (Å²) >= 11 is 0. The summed E-state index contributed by atoms with van der Waals surface area (Å²) in [5, 5.41) is 22.8. The third kappa shape index (κ3) is 10.5. The number of urea groups is 2. The number of carboxylic acid groups (broad SMARTS) is 1. The summed E-state index contributed by atoms with van der Waals surface area (Å²) in [6.07, 6.45) is 6.09. The maximum absolute atomic E-state index is 13.8. The fourth-order valence-corrected chi connectivity index (χ4v) is 12.3. The van der Waals surface area contributed by atoms with Crippen LogP contribution in [0.1, 0.15) is 138 Å². The molecule has 6 atom stereocenters. The van der Waals surface area contributed by atoms with Crippen LogP contribution in [0, 0.1) is 11.6 Å². The summed E-state index contributed by atoms with van der Waals surface area (Å²) in [6, 6.07) is 23.2. The van der Waals surface area contributed by atoms with Gasteiger partial charge in [-0.1, -0.05) is 51.3 Å². The monoisotopic (exact) mass is 1090 g/mol. The molecule has 4 aromatic rings. The molecule has 6 fully saturated rings. The van der Waals surface area contributed by atoms with Gasteiger partial charge in [-0.3, -0.25) is 19.2 Å². The van der Waals surface area contributed by atoms with Crippen LogP contribution in [-0.2, 0) is 50.7 Å². The molecule has 12 rings (SSSR count). The second-order valence-electron chi connectivity index (χ2n) is 21.5. The molecule has 4 spiro atoms. The molecule has 8 aliphatic rings. The third-order valence-corrected chi connectivity index (χ3v) is 16.5. The molecule has 79 heavy (non-hydrogen) atoms. The molecule has 0 radical (unpaired) electrons. The predicted octanol–water partition coefficient (Wildman–Crippen LogP) is 8.98. The van der Waals surface area contributed by atoms with Crippen molar-refractivity contribution >= 4 is 59.3 Å². The molecular formula is C58H68F2N8O11. The number of nitrogens with one attached hydrogen (secondary N) is 5. The molecule has 4 aliphatic heterocycles. The molecule has 0 aromatic heterocycles. The van der Waals surface area contributed by atoms with Crippen molar-refractivity contribution in [1.29, 1.82) is 0 Å². The first kappa shape index (κ1) is 57.2. The van der Waals surface area contributed by atoms with E-state index in [1.807, 2.05) is 25.1 Å². The van der Waals surface area contributed by atoms with E-state index in [2.05, 4.69) is 33.5 Å². The molecule has 21 heteroatoms. The molecule has 2 saturated carbocycles. The van der Waals surface area contributed by atoms with Crippen LogP contribution in [0.4, 0.5) is 39.3 Å². The van der Waals surface area contributed by atoms with Gasteiger partial charge in [0.15, 0.2) is 0 Å². The lowest BCUT2D eigenvalue weighted by molar-refractivity contribution is -0.144. The highest BCUT2D eigenvalue weighted by Crippen LogP contribution is 2.66. The van der Waals surface area contributed by atoms with Crippen molar-refractivity contribution in [2.24, 2.45) is 0 Å². The van der Waals surface area contributed by atoms with Crippen molar-refractivity contribution in [2.75, 3.05) is 37.8 Å². The molecule has 6 N–H and O–H groups in total. The topological polar surface area (TPSA) is 245 Å². The van der Waals surface area contributed by atoms with Gasteiger partial charge in [0.05, 0.1) is 6.04 Å². The Morgan fingerprint density at radius 1 is 0.620 bits per heavy atom. The van der Waals surface area contributed by atoms with Gasteiger partial charge >= 0.3 is 30.2 Å². The average Bonchev–Trinajstić information content (AvgIpc) is 4.22. The maximum atomic E-state index is 13.8. The van der Waals surface area contributed by atoms with Gasteiger partial charge in [-0.2, -0.15) is 0 Å². The lowest BCUT2D eigenvalue weighted by Gasteiger charge is -2.30. The van der Waals surface area contributed by atoms with Gasteiger partial charge < -0.3 is 46.1 Å². The van der Waals surface area contributed by atoms with Crippen LogP contribution in [0.3, 0.4) is 0 Å². The number of carbonyl (C=O) groups is 8. The van der Waals surface area contributed by atoms with Crippen molar-refractivity contribution in [1.82, 2.24) is 30.7 Å². The number of carbonyl (C=O) groups excluding carboxylic acids is 7. The van der Waals surface area contributed by atoms with E-state index in [4.69, 9.17) is 14.6 Å². The van der Waals surface area contributed by atoms with Gasteiger partial charge in [0, 0.05) is 78.4 Å². The average molecular weight is 1090 g/mol. The summed E-state index contributed by atoms with van der Waals surface area (Å²) in [5.74, 6) is -3.31. The number of fused-ring (bicyclic) bond motifs is 6. The van der Waals surface area contributed by atoms with E-state index in [-0.39, 0.29) is 67.4 Å². The zero-order valence-corrected chi connectivity index (χ0v) is 43.0. The Morgan fingerprint density at radius 2 is 1.08 bits per heavy atom. The van der Waals surface area contributed by atoms with E-state index < -0.39 is 54.3 Å². The first-order chi connectivity index (χ1) is 36.7. The Hall–Kier alpha value is -7.94. The summed E-state index contributed by atoms with van der Waals surface area (Å²) in [7, 11) is 3.03. The number of aliphatic carboxylic acids is 1. The Kier molecular flexibility index (Phi) is 15.7. The number of carboxylic acids is 1. The van der Waals surface area contributed by atoms with Crippen LogP contribution < -0.4 is 26.6 Å². The SMILES string of the molecule is C.C.CC1CCC(c2ccc(F)cc2)N1.CNC(=O)Nc1ccc2c(c1)C1(CC1)CC21OC(=O)N(CC(=O)N2C(C)CCC2c2ccc(F)cc2)C1=O.CNC(=O)Nc1ccc2c(c1)C1(CC1)CC21OC(=O)N(CC(=O)O)C1=O. The Bertz CT molecular complexity index is 3100. The fourth-order valence-electron chi connectivity index (χ4n) is 12.3. The second-order valence-corrected chi connectivity index (χ2v) is 21.5. The Balaban J connectivity index is 0.000000173. The number of hydrogen-bond acceptors (Lipinski definition) is 11. The van der Waals surface area contributed by atoms with Crippen molar-refractivity contribution in [3.8, 4) is 0 Å². The lowest BCUT2D eigenvalue weighted by Crippen LogP contribution is -2.46. The van der Waals surface area contributed by atoms with Crippen molar-refractivity contribution in [3.05, 3.63) is 130 Å². The quantitative estimate of drug-likeness (QED) is 0.0968. The van der Waals surface area contributed by atoms with E-state index in [0.717, 1.165) is 60.1 Å². The smallest absolute Gasteiger partial charge is 0.418 e. The normalized spacial score (nSPS) is 25.5. The highest BCUT2D eigenvalue weighted by molar-refractivity contribution is 6.08. The molecule has 4 aliphatic carbocycles. The molecule has 19 nitrogen and oxygen atoms in total. The van der Waals surface area contributed by atoms with E-state index in [9.17, 15) is 47.1 Å². The third-order valence-electron chi connectivity index (χ3n) is 16.5. The van der Waals surface area contributed by atoms with E-state index >= 15 is 0 Å². The molecule has 4 heterocycles. The summed E-state index contributed by atoms with van der Waals surface area (Å²) in [6.45, 7) is 2.98. The van der Waals surface area contributed by atoms with Crippen LogP contribution in [0.25, 0.3) is 0 Å². The summed E-state index contributed by atoms with van der Waals surface area (Å²) in [5.41, 5.74) is 2.63. The lowest BCUT2D eigenvalue weighted by atomic mass is 9.94. The van der Waals surface area contributed by atoms with Crippen LogP contribution in [-0.4, -0.2) is 107 Å². The number of amides is 9. The van der Waals surface area contributed by atoms with E-state index in [1.54, 1.807) is 47.4 Å². The standard InChI is InChI=1S/C28H29FN4O5.C17H17N3O6.C11H14FN.2CH4/c1-16-3-10-22(17-4-6-18(29)7-5-17)33(16)23(34)14-32-24(35)28(38-26(32)37)15-27(11-12-27)21-13-19(8-9-20(21)28)31-25(36)30-2;1-18-14(24)19-9-2-3-10-11(6-9)16(4-5-16)8-17(10)13(23)20(7-12(21)22)15(25)26-17;1-8-2-7-11(13-8)9-3-5-10(12)6-4-9;;/h4-9,13,16,22H,3,10-12,14-15H2,1-2H3,(H2,30,31,36);2-3,6H,4-5,7-8H2,1H3,(H,21,22)(H2,18,19,24);3-6,8,11,13H,2,7H2,1H3;2*1H4. The minimum Gasteiger partial charge on any atom is -0.480 e. The van der Waals surface area contributed by atoms with Crippen LogP contribution in [0.5, 0.6) is 0 Å². The van der Waals surface area contributed by atoms with Gasteiger partial charge in [-0.15, -0.1) is 0 Å². The number of halogens is 2. The number of nitrogens with zero attached hydrogens (tertiary/aromatic N) is 3. The minimum atomic E-state index is -1.47. The van der Waals surface area contributed by atoms with Crippen molar-refractivity contribution in [2.45, 2.75) is 139 Å². The molecule has 9 amide bonds. The van der Waals surface area contributed by atoms with Crippen LogP contribution >= 0.6 is 0 Å². The highest BCUT2D eigenvalue weighted by atomic mass is 19.1. The number of imide groups is 2. The largest absolute Gasteiger partial charge is 0.480 e. The van der Waals surface area contributed by atoms with E-state index in [1.165, 1.54) is 50.3 Å². The molecule has 4 aromatic carbocycles. The number of likely N-dealkylation sites (tertiary alicyclic amines) is 1. The predicted molar refractivity (Wildman–Crippen MR) is 287 cm³/mol. The fraction of sp³-hybridized carbons (Fsp3) is 0.448. The first-order valence-electron chi connectivity index (χ1n) is 25.9. The van der Waals surface area contributed by atoms with Crippen molar-refractivity contribution < 1.29 is 61.7 Å². The van der Waals surface area contributed by atoms with Gasteiger partial charge in [0.2, 0.25) is 17.1 Å². The number of benzene rings is 4. The Labute approximate surface area is 457 Å². The molecule has 420 valence electrons. The van der Waals surface area contributed by atoms with E-state index in [0.29, 0.717) is 58.7 Å². The first-order valence-corrected chi connectivity index (χ1v) is 25.9. The summed E-state index contributed by atoms with van der Waals surface area (Å²) < 4.78 is 37.4. The highest BCUT2D eigenvalue weighted by Gasteiger charge is 2.69. The van der Waals surface area contributed by atoms with Gasteiger partial charge in [0.25, 0.3) is 11.8 Å². The van der Waals surface area contributed by atoms with Gasteiger partial charge in [0.1, 0.15) is 24.7 Å². The van der Waals surface area contributed by atoms with Gasteiger partial charge in [-0.05, 0) is 136 Å². The minimum absolute atomic E-state index is 0.